The molecule has 3 heterocycles. The molecule has 2 N–H and O–H groups in total. The summed E-state index contributed by atoms with van der Waals surface area (Å²) in [7, 11) is -2.96. The van der Waals surface area contributed by atoms with E-state index in [1.807, 2.05) is 4.57 Å². The van der Waals surface area contributed by atoms with Crippen LogP contribution in [0.15, 0.2) is 17.0 Å². The van der Waals surface area contributed by atoms with Crippen molar-refractivity contribution in [1.29, 1.82) is 0 Å². The summed E-state index contributed by atoms with van der Waals surface area (Å²) in [6.07, 6.45) is 3.96. The fraction of sp³-hybridized carbons (Fsp3) is 0.545. The molecule has 1 atom stereocenters. The second-order valence-corrected chi connectivity index (χ2v) is 7.07. The standard InChI is InChI=1S/C11H15N5O3S/c12-2-3-16-5-9(13-7-16)11-14-10(15-19-11)8-1-4-20(17,18)6-8/h5,7-8H,1-4,6,12H2. The summed E-state index contributed by atoms with van der Waals surface area (Å²) < 4.78 is 29.9. The van der Waals surface area contributed by atoms with Gasteiger partial charge < -0.3 is 14.8 Å². The van der Waals surface area contributed by atoms with Crippen molar-refractivity contribution in [3.63, 3.8) is 0 Å². The highest BCUT2D eigenvalue weighted by Crippen LogP contribution is 2.28. The van der Waals surface area contributed by atoms with Crippen LogP contribution in [0.1, 0.15) is 18.2 Å². The first-order chi connectivity index (χ1) is 9.57. The molecule has 9 heteroatoms. The highest BCUT2D eigenvalue weighted by Gasteiger charge is 2.32. The Morgan fingerprint density at radius 2 is 2.35 bits per heavy atom. The zero-order valence-corrected chi connectivity index (χ0v) is 11.6. The maximum Gasteiger partial charge on any atom is 0.278 e. The van der Waals surface area contributed by atoms with Crippen molar-refractivity contribution < 1.29 is 12.9 Å². The third-order valence-corrected chi connectivity index (χ3v) is 5.05. The Bertz CT molecular complexity index is 705. The zero-order chi connectivity index (χ0) is 14.2. The fourth-order valence-electron chi connectivity index (χ4n) is 2.25. The maximum absolute atomic E-state index is 11.5. The molecule has 0 saturated carbocycles. The third kappa shape index (κ3) is 2.59. The van der Waals surface area contributed by atoms with Gasteiger partial charge in [0.1, 0.15) is 5.69 Å². The van der Waals surface area contributed by atoms with E-state index < -0.39 is 9.84 Å². The van der Waals surface area contributed by atoms with Gasteiger partial charge in [0.15, 0.2) is 15.7 Å². The molecule has 3 rings (SSSR count). The molecule has 2 aromatic heterocycles. The molecule has 1 aliphatic heterocycles. The molecule has 1 saturated heterocycles. The number of hydrogen-bond acceptors (Lipinski definition) is 7. The largest absolute Gasteiger partial charge is 0.335 e. The van der Waals surface area contributed by atoms with Crippen molar-refractivity contribution in [3.05, 3.63) is 18.3 Å². The summed E-state index contributed by atoms with van der Waals surface area (Å²) in [5.41, 5.74) is 6.03. The maximum atomic E-state index is 11.5. The molecule has 0 amide bonds. The van der Waals surface area contributed by atoms with Crippen LogP contribution in [-0.2, 0) is 16.4 Å². The van der Waals surface area contributed by atoms with Gasteiger partial charge in [0.25, 0.3) is 5.89 Å². The van der Waals surface area contributed by atoms with Gasteiger partial charge in [-0.15, -0.1) is 0 Å². The van der Waals surface area contributed by atoms with Gasteiger partial charge in [0, 0.05) is 25.2 Å². The van der Waals surface area contributed by atoms with E-state index in [1.165, 1.54) is 0 Å². The monoisotopic (exact) mass is 297 g/mol. The fourth-order valence-corrected chi connectivity index (χ4v) is 3.98. The second kappa shape index (κ2) is 4.98. The second-order valence-electron chi connectivity index (χ2n) is 4.84. The zero-order valence-electron chi connectivity index (χ0n) is 10.8. The van der Waals surface area contributed by atoms with Crippen LogP contribution >= 0.6 is 0 Å². The number of imidazole rings is 1. The van der Waals surface area contributed by atoms with Crippen molar-refractivity contribution in [1.82, 2.24) is 19.7 Å². The molecular formula is C11H15N5O3S. The molecule has 0 aliphatic carbocycles. The lowest BCUT2D eigenvalue weighted by Crippen LogP contribution is -2.07. The van der Waals surface area contributed by atoms with E-state index in [2.05, 4.69) is 15.1 Å². The number of rotatable bonds is 4. The Hall–Kier alpha value is -1.74. The van der Waals surface area contributed by atoms with E-state index in [1.54, 1.807) is 12.5 Å². The van der Waals surface area contributed by atoms with Gasteiger partial charge in [-0.25, -0.2) is 13.4 Å². The smallest absolute Gasteiger partial charge is 0.278 e. The van der Waals surface area contributed by atoms with E-state index in [0.29, 0.717) is 36.9 Å². The molecule has 108 valence electrons. The number of nitrogens with two attached hydrogens (primary N) is 1. The van der Waals surface area contributed by atoms with Crippen LogP contribution in [-0.4, -0.2) is 46.2 Å². The lowest BCUT2D eigenvalue weighted by molar-refractivity contribution is 0.417. The van der Waals surface area contributed by atoms with E-state index in [0.717, 1.165) is 0 Å². The van der Waals surface area contributed by atoms with Gasteiger partial charge in [-0.05, 0) is 6.42 Å². The van der Waals surface area contributed by atoms with Crippen LogP contribution in [0.4, 0.5) is 0 Å². The SMILES string of the molecule is NCCn1cnc(-c2nc(C3CCS(=O)(=O)C3)no2)c1. The Balaban J connectivity index is 1.79. The van der Waals surface area contributed by atoms with E-state index in [9.17, 15) is 8.42 Å². The average molecular weight is 297 g/mol. The van der Waals surface area contributed by atoms with E-state index >= 15 is 0 Å². The van der Waals surface area contributed by atoms with Crippen LogP contribution in [0.5, 0.6) is 0 Å². The number of sulfone groups is 1. The minimum atomic E-state index is -2.96. The van der Waals surface area contributed by atoms with Crippen molar-refractivity contribution in [3.8, 4) is 11.6 Å². The van der Waals surface area contributed by atoms with E-state index in [-0.39, 0.29) is 17.4 Å². The third-order valence-electron chi connectivity index (χ3n) is 3.28. The minimum absolute atomic E-state index is 0.0909. The molecule has 0 spiro atoms. The molecule has 20 heavy (non-hydrogen) atoms. The molecule has 0 bridgehead atoms. The van der Waals surface area contributed by atoms with Gasteiger partial charge in [0.2, 0.25) is 0 Å². The van der Waals surface area contributed by atoms with Crippen LogP contribution in [0, 0.1) is 0 Å². The van der Waals surface area contributed by atoms with Crippen molar-refractivity contribution in [2.75, 3.05) is 18.1 Å². The lowest BCUT2D eigenvalue weighted by Gasteiger charge is -1.97. The minimum Gasteiger partial charge on any atom is -0.335 e. The van der Waals surface area contributed by atoms with Gasteiger partial charge in [-0.3, -0.25) is 0 Å². The summed E-state index contributed by atoms with van der Waals surface area (Å²) >= 11 is 0. The summed E-state index contributed by atoms with van der Waals surface area (Å²) in [6, 6.07) is 0. The first kappa shape index (κ1) is 13.3. The summed E-state index contributed by atoms with van der Waals surface area (Å²) in [5.74, 6) is 0.846. The van der Waals surface area contributed by atoms with Crippen molar-refractivity contribution in [2.24, 2.45) is 5.73 Å². The predicted molar refractivity (Wildman–Crippen MR) is 70.6 cm³/mol. The van der Waals surface area contributed by atoms with Gasteiger partial charge in [-0.2, -0.15) is 4.98 Å². The van der Waals surface area contributed by atoms with Gasteiger partial charge >= 0.3 is 0 Å². The molecule has 0 radical (unpaired) electrons. The first-order valence-corrected chi connectivity index (χ1v) is 8.16. The van der Waals surface area contributed by atoms with Crippen molar-refractivity contribution in [2.45, 2.75) is 18.9 Å². The molecular weight excluding hydrogens is 282 g/mol. The average Bonchev–Trinajstić information content (AvgIpc) is 3.07. The Morgan fingerprint density at radius 3 is 3.05 bits per heavy atom. The first-order valence-electron chi connectivity index (χ1n) is 6.33. The van der Waals surface area contributed by atoms with Gasteiger partial charge in [-0.1, -0.05) is 5.16 Å². The highest BCUT2D eigenvalue weighted by molar-refractivity contribution is 7.91. The topological polar surface area (TPSA) is 117 Å². The number of aromatic nitrogens is 4. The number of nitrogens with zero attached hydrogens (tertiary/aromatic N) is 4. The molecule has 2 aromatic rings. The summed E-state index contributed by atoms with van der Waals surface area (Å²) in [4.78, 5) is 8.42. The van der Waals surface area contributed by atoms with Crippen LogP contribution in [0.25, 0.3) is 11.6 Å². The van der Waals surface area contributed by atoms with E-state index in [4.69, 9.17) is 10.3 Å². The number of hydrogen-bond donors (Lipinski definition) is 1. The summed E-state index contributed by atoms with van der Waals surface area (Å²) in [6.45, 7) is 1.18. The van der Waals surface area contributed by atoms with Crippen LogP contribution < -0.4 is 5.73 Å². The Labute approximate surface area is 115 Å². The lowest BCUT2D eigenvalue weighted by atomic mass is 10.1. The Kier molecular flexibility index (Phi) is 3.30. The molecule has 0 aromatic carbocycles. The molecule has 1 aliphatic rings. The van der Waals surface area contributed by atoms with Crippen LogP contribution in [0.3, 0.4) is 0 Å². The molecule has 8 nitrogen and oxygen atoms in total. The normalized spacial score (nSPS) is 21.4. The molecule has 1 fully saturated rings. The molecule has 1 unspecified atom stereocenters. The van der Waals surface area contributed by atoms with Crippen LogP contribution in [0.2, 0.25) is 0 Å². The summed E-state index contributed by atoms with van der Waals surface area (Å²) in [5, 5.41) is 3.87. The van der Waals surface area contributed by atoms with Gasteiger partial charge in [0.05, 0.1) is 17.8 Å². The quantitative estimate of drug-likeness (QED) is 0.830. The van der Waals surface area contributed by atoms with Crippen molar-refractivity contribution >= 4 is 9.84 Å². The highest BCUT2D eigenvalue weighted by atomic mass is 32.2. The Morgan fingerprint density at radius 1 is 1.50 bits per heavy atom. The predicted octanol–water partition coefficient (Wildman–Crippen LogP) is -0.206.